The largest absolute Gasteiger partial charge is 0.429 e. The van der Waals surface area contributed by atoms with E-state index in [2.05, 4.69) is 20.5 Å². The van der Waals surface area contributed by atoms with Gasteiger partial charge in [0.25, 0.3) is 10.7 Å². The standard InChI is InChI=1S/C17H11ClN4O2S/c18-10-3-1-9(2-4-10)15-12(8-19-22-15)16(23)20-11-5-6-13-14(7-11)24-17(25)21-13/h1-8H,(H,19,22)(H,20,23)(H,21,25). The number of benzene rings is 2. The summed E-state index contributed by atoms with van der Waals surface area (Å²) < 4.78 is 5.36. The van der Waals surface area contributed by atoms with Gasteiger partial charge >= 0.3 is 0 Å². The van der Waals surface area contributed by atoms with Gasteiger partial charge in [0.1, 0.15) is 0 Å². The minimum Gasteiger partial charge on any atom is -0.429 e. The number of aromatic nitrogens is 3. The van der Waals surface area contributed by atoms with Gasteiger partial charge < -0.3 is 14.7 Å². The number of hydrogen-bond donors (Lipinski definition) is 3. The highest BCUT2D eigenvalue weighted by Crippen LogP contribution is 2.24. The van der Waals surface area contributed by atoms with Crippen LogP contribution in [0.1, 0.15) is 10.4 Å². The van der Waals surface area contributed by atoms with E-state index in [1.165, 1.54) is 6.20 Å². The van der Waals surface area contributed by atoms with Gasteiger partial charge in [-0.15, -0.1) is 0 Å². The van der Waals surface area contributed by atoms with Crippen LogP contribution in [-0.2, 0) is 0 Å². The topological polar surface area (TPSA) is 86.7 Å². The van der Waals surface area contributed by atoms with E-state index in [0.717, 1.165) is 11.1 Å². The summed E-state index contributed by atoms with van der Waals surface area (Å²) in [6.45, 7) is 0. The van der Waals surface area contributed by atoms with Crippen LogP contribution in [0.3, 0.4) is 0 Å². The van der Waals surface area contributed by atoms with E-state index < -0.39 is 0 Å². The molecule has 4 rings (SSSR count). The maximum absolute atomic E-state index is 12.6. The van der Waals surface area contributed by atoms with Crippen LogP contribution in [0.5, 0.6) is 0 Å². The zero-order valence-electron chi connectivity index (χ0n) is 12.7. The van der Waals surface area contributed by atoms with Gasteiger partial charge in [0, 0.05) is 22.3 Å². The average Bonchev–Trinajstić information content (AvgIpc) is 3.21. The molecule has 0 unspecified atom stereocenters. The summed E-state index contributed by atoms with van der Waals surface area (Å²) in [6.07, 6.45) is 1.49. The van der Waals surface area contributed by atoms with Crippen LogP contribution in [0.15, 0.2) is 53.1 Å². The number of H-pyrrole nitrogens is 2. The van der Waals surface area contributed by atoms with E-state index in [1.807, 2.05) is 12.1 Å². The second-order valence-electron chi connectivity index (χ2n) is 5.35. The highest BCUT2D eigenvalue weighted by atomic mass is 35.5. The number of nitrogens with zero attached hydrogens (tertiary/aromatic N) is 1. The quantitative estimate of drug-likeness (QED) is 0.453. The SMILES string of the molecule is O=C(Nc1ccc2[nH]c(=S)oc2c1)c1cn[nH]c1-c1ccc(Cl)cc1. The lowest BCUT2D eigenvalue weighted by Crippen LogP contribution is -2.12. The van der Waals surface area contributed by atoms with Crippen LogP contribution in [-0.4, -0.2) is 21.1 Å². The highest BCUT2D eigenvalue weighted by Gasteiger charge is 2.16. The Morgan fingerprint density at radius 1 is 1.20 bits per heavy atom. The summed E-state index contributed by atoms with van der Waals surface area (Å²) in [5.74, 6) is -0.285. The first-order valence-electron chi connectivity index (χ1n) is 7.34. The van der Waals surface area contributed by atoms with E-state index in [4.69, 9.17) is 28.2 Å². The van der Waals surface area contributed by atoms with E-state index in [1.54, 1.807) is 30.3 Å². The van der Waals surface area contributed by atoms with Crippen molar-refractivity contribution in [3.8, 4) is 11.3 Å². The molecule has 6 nitrogen and oxygen atoms in total. The second-order valence-corrected chi connectivity index (χ2v) is 6.15. The molecular formula is C17H11ClN4O2S. The minimum atomic E-state index is -0.285. The lowest BCUT2D eigenvalue weighted by Gasteiger charge is -2.06. The van der Waals surface area contributed by atoms with Crippen LogP contribution in [0.25, 0.3) is 22.4 Å². The van der Waals surface area contributed by atoms with Crippen molar-refractivity contribution in [3.05, 3.63) is 64.1 Å². The normalized spacial score (nSPS) is 10.9. The summed E-state index contributed by atoms with van der Waals surface area (Å²) in [5.41, 5.74) is 3.81. The first-order chi connectivity index (χ1) is 12.1. The Morgan fingerprint density at radius 2 is 2.00 bits per heavy atom. The number of hydrogen-bond acceptors (Lipinski definition) is 4. The molecule has 0 saturated carbocycles. The molecule has 0 atom stereocenters. The van der Waals surface area contributed by atoms with Gasteiger partial charge in [-0.2, -0.15) is 5.10 Å². The van der Waals surface area contributed by atoms with Crippen LogP contribution in [0, 0.1) is 4.84 Å². The number of aromatic amines is 2. The number of oxazole rings is 1. The molecule has 25 heavy (non-hydrogen) atoms. The van der Waals surface area contributed by atoms with Crippen molar-refractivity contribution in [3.63, 3.8) is 0 Å². The Labute approximate surface area is 151 Å². The number of amides is 1. The molecule has 1 amide bonds. The van der Waals surface area contributed by atoms with Crippen molar-refractivity contribution in [1.82, 2.24) is 15.2 Å². The Balaban J connectivity index is 1.63. The third kappa shape index (κ3) is 3.07. The van der Waals surface area contributed by atoms with Gasteiger partial charge in [-0.25, -0.2) is 0 Å². The number of anilines is 1. The molecule has 2 aromatic heterocycles. The molecule has 8 heteroatoms. The Kier molecular flexibility index (Phi) is 3.87. The molecule has 0 radical (unpaired) electrons. The Bertz CT molecular complexity index is 1130. The summed E-state index contributed by atoms with van der Waals surface area (Å²) in [5, 5.41) is 10.3. The number of fused-ring (bicyclic) bond motifs is 1. The molecular weight excluding hydrogens is 360 g/mol. The molecule has 3 N–H and O–H groups in total. The Hall–Kier alpha value is -2.90. The second kappa shape index (κ2) is 6.19. The molecule has 0 aliphatic rings. The Morgan fingerprint density at radius 3 is 2.80 bits per heavy atom. The zero-order valence-corrected chi connectivity index (χ0v) is 14.2. The van der Waals surface area contributed by atoms with Gasteiger partial charge in [0.15, 0.2) is 5.58 Å². The van der Waals surface area contributed by atoms with Gasteiger partial charge in [0.2, 0.25) is 0 Å². The first kappa shape index (κ1) is 15.6. The molecule has 0 bridgehead atoms. The third-order valence-corrected chi connectivity index (χ3v) is 4.13. The van der Waals surface area contributed by atoms with Gasteiger partial charge in [0.05, 0.1) is 23.0 Å². The van der Waals surface area contributed by atoms with Crippen molar-refractivity contribution in [2.45, 2.75) is 0 Å². The molecule has 0 aliphatic heterocycles. The van der Waals surface area contributed by atoms with Crippen molar-refractivity contribution < 1.29 is 9.21 Å². The van der Waals surface area contributed by atoms with E-state index in [-0.39, 0.29) is 5.91 Å². The van der Waals surface area contributed by atoms with Gasteiger partial charge in [-0.05, 0) is 36.5 Å². The molecule has 2 heterocycles. The van der Waals surface area contributed by atoms with E-state index >= 15 is 0 Å². The fourth-order valence-electron chi connectivity index (χ4n) is 2.52. The van der Waals surface area contributed by atoms with Gasteiger partial charge in [-0.3, -0.25) is 9.89 Å². The maximum Gasteiger partial charge on any atom is 0.266 e. The van der Waals surface area contributed by atoms with E-state index in [0.29, 0.717) is 32.4 Å². The summed E-state index contributed by atoms with van der Waals surface area (Å²) >= 11 is 10.9. The molecule has 0 spiro atoms. The maximum atomic E-state index is 12.6. The molecule has 124 valence electrons. The molecule has 0 aliphatic carbocycles. The summed E-state index contributed by atoms with van der Waals surface area (Å²) in [6, 6.07) is 12.4. The zero-order chi connectivity index (χ0) is 17.4. The summed E-state index contributed by atoms with van der Waals surface area (Å²) in [7, 11) is 0. The van der Waals surface area contributed by atoms with Crippen LogP contribution < -0.4 is 5.32 Å². The third-order valence-electron chi connectivity index (χ3n) is 3.70. The molecule has 0 fully saturated rings. The molecule has 4 aromatic rings. The van der Waals surface area contributed by atoms with Crippen LogP contribution in [0.4, 0.5) is 5.69 Å². The van der Waals surface area contributed by atoms with Crippen LogP contribution in [0.2, 0.25) is 5.02 Å². The molecule has 0 saturated heterocycles. The fraction of sp³-hybridized carbons (Fsp3) is 0. The lowest BCUT2D eigenvalue weighted by atomic mass is 10.1. The van der Waals surface area contributed by atoms with Gasteiger partial charge in [-0.1, -0.05) is 23.7 Å². The van der Waals surface area contributed by atoms with Crippen molar-refractivity contribution in [1.29, 1.82) is 0 Å². The monoisotopic (exact) mass is 370 g/mol. The van der Waals surface area contributed by atoms with Crippen molar-refractivity contribution in [2.24, 2.45) is 0 Å². The predicted molar refractivity (Wildman–Crippen MR) is 98.4 cm³/mol. The highest BCUT2D eigenvalue weighted by molar-refractivity contribution is 7.71. The predicted octanol–water partition coefficient (Wildman–Crippen LogP) is 4.79. The van der Waals surface area contributed by atoms with Crippen LogP contribution >= 0.6 is 23.8 Å². The number of halogens is 1. The number of carbonyl (C=O) groups is 1. The smallest absolute Gasteiger partial charge is 0.266 e. The average molecular weight is 371 g/mol. The first-order valence-corrected chi connectivity index (χ1v) is 8.12. The van der Waals surface area contributed by atoms with E-state index in [9.17, 15) is 4.79 Å². The summed E-state index contributed by atoms with van der Waals surface area (Å²) in [4.78, 5) is 15.8. The number of nitrogens with one attached hydrogen (secondary N) is 3. The fourth-order valence-corrected chi connectivity index (χ4v) is 2.84. The van der Waals surface area contributed by atoms with Crippen molar-refractivity contribution >= 4 is 46.5 Å². The number of carbonyl (C=O) groups excluding carboxylic acids is 1. The lowest BCUT2D eigenvalue weighted by molar-refractivity contribution is 0.102. The number of rotatable bonds is 3. The van der Waals surface area contributed by atoms with Crippen molar-refractivity contribution in [2.75, 3.05) is 5.32 Å². The minimum absolute atomic E-state index is 0.285. The molecule has 2 aromatic carbocycles.